The lowest BCUT2D eigenvalue weighted by Crippen LogP contribution is -2.18. The number of aromatic amines is 1. The van der Waals surface area contributed by atoms with Gasteiger partial charge in [-0.15, -0.1) is 0 Å². The molecule has 0 radical (unpaired) electrons. The van der Waals surface area contributed by atoms with E-state index >= 15 is 0 Å². The number of H-pyrrole nitrogens is 1. The Morgan fingerprint density at radius 1 is 1.20 bits per heavy atom. The zero-order valence-corrected chi connectivity index (χ0v) is 13.4. The van der Waals surface area contributed by atoms with Gasteiger partial charge in [0.2, 0.25) is 5.91 Å². The van der Waals surface area contributed by atoms with Crippen LogP contribution < -0.4 is 5.73 Å². The Morgan fingerprint density at radius 2 is 2.08 bits per heavy atom. The lowest BCUT2D eigenvalue weighted by molar-refractivity contribution is -0.119. The number of nitrogens with zero attached hydrogens (tertiary/aromatic N) is 5. The van der Waals surface area contributed by atoms with E-state index in [1.165, 1.54) is 0 Å². The maximum Gasteiger partial charge on any atom is 0.224 e. The van der Waals surface area contributed by atoms with Crippen molar-refractivity contribution < 1.29 is 4.79 Å². The Labute approximate surface area is 142 Å². The van der Waals surface area contributed by atoms with E-state index in [0.717, 1.165) is 27.9 Å². The molecular formula is C17H15N7O. The number of pyridine rings is 2. The van der Waals surface area contributed by atoms with Gasteiger partial charge in [-0.2, -0.15) is 5.10 Å². The average Bonchev–Trinajstić information content (AvgIpc) is 3.30. The van der Waals surface area contributed by atoms with Gasteiger partial charge in [0.1, 0.15) is 5.52 Å². The highest BCUT2D eigenvalue weighted by Gasteiger charge is 2.13. The van der Waals surface area contributed by atoms with E-state index in [1.807, 2.05) is 24.4 Å². The highest BCUT2D eigenvalue weighted by molar-refractivity contribution is 5.88. The van der Waals surface area contributed by atoms with Crippen molar-refractivity contribution in [3.05, 3.63) is 54.9 Å². The molecule has 1 unspecified atom stereocenters. The predicted octanol–water partition coefficient (Wildman–Crippen LogP) is 1.79. The van der Waals surface area contributed by atoms with Crippen molar-refractivity contribution in [3.8, 4) is 16.9 Å². The number of primary amides is 1. The molecule has 8 nitrogen and oxygen atoms in total. The van der Waals surface area contributed by atoms with Crippen molar-refractivity contribution in [1.82, 2.24) is 29.7 Å². The first-order valence-electron chi connectivity index (χ1n) is 7.72. The zero-order valence-electron chi connectivity index (χ0n) is 13.4. The van der Waals surface area contributed by atoms with E-state index in [9.17, 15) is 4.79 Å². The van der Waals surface area contributed by atoms with Gasteiger partial charge in [0, 0.05) is 29.7 Å². The highest BCUT2D eigenvalue weighted by atomic mass is 16.1. The van der Waals surface area contributed by atoms with Gasteiger partial charge in [0.15, 0.2) is 11.5 Å². The van der Waals surface area contributed by atoms with E-state index in [1.54, 1.807) is 36.5 Å². The summed E-state index contributed by atoms with van der Waals surface area (Å²) in [6, 6.07) is 5.54. The Balaban J connectivity index is 1.67. The molecule has 0 aliphatic rings. The Kier molecular flexibility index (Phi) is 3.50. The number of rotatable bonds is 4. The quantitative estimate of drug-likeness (QED) is 0.591. The average molecular weight is 333 g/mol. The molecule has 0 aliphatic heterocycles. The molecule has 4 rings (SSSR count). The monoisotopic (exact) mass is 333 g/mol. The van der Waals surface area contributed by atoms with Crippen LogP contribution in [0.5, 0.6) is 0 Å². The molecule has 0 aromatic carbocycles. The van der Waals surface area contributed by atoms with Gasteiger partial charge >= 0.3 is 0 Å². The van der Waals surface area contributed by atoms with E-state index in [2.05, 4.69) is 25.0 Å². The number of nitrogens with two attached hydrogens (primary N) is 1. The lowest BCUT2D eigenvalue weighted by Gasteiger charge is -2.07. The minimum absolute atomic E-state index is 0.375. The van der Waals surface area contributed by atoms with Crippen LogP contribution in [0.4, 0.5) is 0 Å². The van der Waals surface area contributed by atoms with Gasteiger partial charge in [0.05, 0.1) is 18.4 Å². The fourth-order valence-corrected chi connectivity index (χ4v) is 2.62. The predicted molar refractivity (Wildman–Crippen MR) is 91.9 cm³/mol. The third-order valence-corrected chi connectivity index (χ3v) is 4.15. The van der Waals surface area contributed by atoms with Crippen LogP contribution in [0.25, 0.3) is 28.1 Å². The summed E-state index contributed by atoms with van der Waals surface area (Å²) in [5.41, 5.74) is 9.47. The SMILES string of the molecule is CC(C(N)=O)c1ccc(-n2cc(-c3ccnc4[nH]cnc34)cn2)nc1. The lowest BCUT2D eigenvalue weighted by atomic mass is 10.0. The van der Waals surface area contributed by atoms with Crippen LogP contribution in [0.15, 0.2) is 49.3 Å². The van der Waals surface area contributed by atoms with Crippen LogP contribution in [0.3, 0.4) is 0 Å². The van der Waals surface area contributed by atoms with Crippen molar-refractivity contribution in [2.75, 3.05) is 0 Å². The minimum atomic E-state index is -0.378. The van der Waals surface area contributed by atoms with Crippen LogP contribution in [0.2, 0.25) is 0 Å². The number of hydrogen-bond acceptors (Lipinski definition) is 5. The molecule has 124 valence electrons. The summed E-state index contributed by atoms with van der Waals surface area (Å²) in [6.07, 6.45) is 8.62. The number of amides is 1. The van der Waals surface area contributed by atoms with Gasteiger partial charge in [-0.05, 0) is 24.6 Å². The molecule has 4 aromatic heterocycles. The van der Waals surface area contributed by atoms with Gasteiger partial charge in [-0.1, -0.05) is 6.07 Å². The van der Waals surface area contributed by atoms with Gasteiger partial charge in [-0.3, -0.25) is 4.79 Å². The summed E-state index contributed by atoms with van der Waals surface area (Å²) in [7, 11) is 0. The molecule has 0 bridgehead atoms. The molecule has 0 saturated carbocycles. The summed E-state index contributed by atoms with van der Waals surface area (Å²) in [5.74, 6) is -0.102. The third kappa shape index (κ3) is 2.63. The molecule has 1 atom stereocenters. The number of imidazole rings is 1. The summed E-state index contributed by atoms with van der Waals surface area (Å²) in [4.78, 5) is 27.2. The van der Waals surface area contributed by atoms with Crippen LogP contribution in [-0.4, -0.2) is 35.6 Å². The molecule has 0 aliphatic carbocycles. The fourth-order valence-electron chi connectivity index (χ4n) is 2.62. The second kappa shape index (κ2) is 5.82. The second-order valence-electron chi connectivity index (χ2n) is 5.71. The summed E-state index contributed by atoms with van der Waals surface area (Å²) >= 11 is 0. The van der Waals surface area contributed by atoms with Crippen LogP contribution in [0.1, 0.15) is 18.4 Å². The Bertz CT molecular complexity index is 1050. The first-order valence-corrected chi connectivity index (χ1v) is 7.72. The maximum atomic E-state index is 11.3. The number of aromatic nitrogens is 6. The van der Waals surface area contributed by atoms with Crippen molar-refractivity contribution in [3.63, 3.8) is 0 Å². The number of hydrogen-bond donors (Lipinski definition) is 2. The first-order chi connectivity index (χ1) is 12.1. The molecule has 8 heteroatoms. The second-order valence-corrected chi connectivity index (χ2v) is 5.71. The fraction of sp³-hybridized carbons (Fsp3) is 0.118. The smallest absolute Gasteiger partial charge is 0.224 e. The molecule has 4 aromatic rings. The van der Waals surface area contributed by atoms with Crippen molar-refractivity contribution >= 4 is 17.1 Å². The maximum absolute atomic E-state index is 11.3. The third-order valence-electron chi connectivity index (χ3n) is 4.15. The molecule has 0 saturated heterocycles. The van der Waals surface area contributed by atoms with Crippen molar-refractivity contribution in [2.24, 2.45) is 5.73 Å². The first kappa shape index (κ1) is 15.0. The van der Waals surface area contributed by atoms with E-state index in [-0.39, 0.29) is 11.8 Å². The van der Waals surface area contributed by atoms with Crippen molar-refractivity contribution in [2.45, 2.75) is 12.8 Å². The number of carbonyl (C=O) groups is 1. The molecule has 1 amide bonds. The normalized spacial score (nSPS) is 12.4. The van der Waals surface area contributed by atoms with Crippen LogP contribution >= 0.6 is 0 Å². The zero-order chi connectivity index (χ0) is 17.4. The summed E-state index contributed by atoms with van der Waals surface area (Å²) in [6.45, 7) is 1.75. The molecule has 0 spiro atoms. The number of fused-ring (bicyclic) bond motifs is 1. The summed E-state index contributed by atoms with van der Waals surface area (Å²) in [5, 5.41) is 4.37. The van der Waals surface area contributed by atoms with Gasteiger partial charge in [0.25, 0.3) is 0 Å². The topological polar surface area (TPSA) is 115 Å². The van der Waals surface area contributed by atoms with Gasteiger partial charge < -0.3 is 10.7 Å². The van der Waals surface area contributed by atoms with Crippen LogP contribution in [0, 0.1) is 0 Å². The van der Waals surface area contributed by atoms with Gasteiger partial charge in [-0.25, -0.2) is 19.6 Å². The Hall–Kier alpha value is -3.55. The van der Waals surface area contributed by atoms with Crippen molar-refractivity contribution in [1.29, 1.82) is 0 Å². The number of carbonyl (C=O) groups excluding carboxylic acids is 1. The Morgan fingerprint density at radius 3 is 2.84 bits per heavy atom. The summed E-state index contributed by atoms with van der Waals surface area (Å²) < 4.78 is 1.67. The largest absolute Gasteiger partial charge is 0.369 e. The molecule has 0 fully saturated rings. The minimum Gasteiger partial charge on any atom is -0.369 e. The van der Waals surface area contributed by atoms with E-state index in [4.69, 9.17) is 5.73 Å². The van der Waals surface area contributed by atoms with E-state index in [0.29, 0.717) is 5.82 Å². The molecular weight excluding hydrogens is 318 g/mol. The highest BCUT2D eigenvalue weighted by Crippen LogP contribution is 2.25. The number of nitrogens with one attached hydrogen (secondary N) is 1. The van der Waals surface area contributed by atoms with Crippen LogP contribution in [-0.2, 0) is 4.79 Å². The molecule has 25 heavy (non-hydrogen) atoms. The van der Waals surface area contributed by atoms with E-state index < -0.39 is 0 Å². The molecule has 4 heterocycles. The molecule has 3 N–H and O–H groups in total. The standard InChI is InChI=1S/C17H15N7O/c1-10(16(18)25)11-2-3-14(20-6-11)24-8-12(7-23-24)13-4-5-19-17-15(13)21-9-22-17/h2-10H,1H3,(H2,18,25)(H,19,21,22).